The number of carbonyl (C=O) groups is 1. The van der Waals surface area contributed by atoms with Crippen LogP contribution in [0.1, 0.15) is 33.3 Å². The van der Waals surface area contributed by atoms with Gasteiger partial charge < -0.3 is 24.9 Å². The Morgan fingerprint density at radius 3 is 2.21 bits per heavy atom. The molecule has 0 unspecified atom stereocenters. The highest BCUT2D eigenvalue weighted by atomic mass is 16.7. The summed E-state index contributed by atoms with van der Waals surface area (Å²) >= 11 is 0. The van der Waals surface area contributed by atoms with E-state index in [1.54, 1.807) is 12.1 Å². The van der Waals surface area contributed by atoms with Crippen LogP contribution in [0.2, 0.25) is 0 Å². The lowest BCUT2D eigenvalue weighted by Gasteiger charge is -2.32. The molecule has 24 heavy (non-hydrogen) atoms. The fourth-order valence-corrected chi connectivity index (χ4v) is 2.24. The van der Waals surface area contributed by atoms with Gasteiger partial charge in [0.1, 0.15) is 5.75 Å². The minimum atomic E-state index is -1.01. The van der Waals surface area contributed by atoms with Crippen LogP contribution in [0.25, 0.3) is 6.08 Å². The molecule has 2 rings (SSSR count). The Labute approximate surface area is 142 Å². The predicted molar refractivity (Wildman–Crippen MR) is 92.7 cm³/mol. The van der Waals surface area contributed by atoms with Crippen LogP contribution in [-0.4, -0.2) is 42.5 Å². The van der Waals surface area contributed by atoms with Crippen molar-refractivity contribution in [2.75, 3.05) is 13.2 Å². The first kappa shape index (κ1) is 18.5. The molecule has 0 saturated carbocycles. The van der Waals surface area contributed by atoms with Gasteiger partial charge in [-0.1, -0.05) is 18.2 Å². The SMILES string of the molecule is CC1(C)OB(C(=Cc2ccc(OCC(=O)O)cc2)CN)OC1(C)C. The molecule has 7 heteroatoms. The molecule has 1 aromatic rings. The molecule has 0 atom stereocenters. The Kier molecular flexibility index (Phi) is 5.37. The summed E-state index contributed by atoms with van der Waals surface area (Å²) in [5.41, 5.74) is 6.79. The van der Waals surface area contributed by atoms with E-state index < -0.39 is 24.3 Å². The number of ether oxygens (including phenoxy) is 1. The van der Waals surface area contributed by atoms with Crippen LogP contribution in [0.3, 0.4) is 0 Å². The number of hydrogen-bond acceptors (Lipinski definition) is 5. The summed E-state index contributed by atoms with van der Waals surface area (Å²) in [5.74, 6) is -0.510. The monoisotopic (exact) mass is 333 g/mol. The normalized spacial score (nSPS) is 19.4. The lowest BCUT2D eigenvalue weighted by molar-refractivity contribution is -0.139. The van der Waals surface area contributed by atoms with Crippen LogP contribution in [-0.2, 0) is 14.1 Å². The molecule has 1 aliphatic rings. The number of carboxylic acid groups (broad SMARTS) is 1. The molecule has 1 aromatic carbocycles. The third-order valence-corrected chi connectivity index (χ3v) is 4.39. The van der Waals surface area contributed by atoms with Gasteiger partial charge in [-0.25, -0.2) is 4.79 Å². The maximum atomic E-state index is 10.5. The summed E-state index contributed by atoms with van der Waals surface area (Å²) < 4.78 is 17.1. The van der Waals surface area contributed by atoms with Crippen molar-refractivity contribution in [1.82, 2.24) is 0 Å². The second kappa shape index (κ2) is 6.97. The van der Waals surface area contributed by atoms with Crippen molar-refractivity contribution in [3.05, 3.63) is 35.3 Å². The van der Waals surface area contributed by atoms with Crippen LogP contribution in [0.5, 0.6) is 5.75 Å². The fourth-order valence-electron chi connectivity index (χ4n) is 2.24. The van der Waals surface area contributed by atoms with Crippen molar-refractivity contribution >= 4 is 19.2 Å². The molecule has 1 fully saturated rings. The van der Waals surface area contributed by atoms with E-state index in [2.05, 4.69) is 0 Å². The fraction of sp³-hybridized carbons (Fsp3) is 0.471. The minimum Gasteiger partial charge on any atom is -0.482 e. The van der Waals surface area contributed by atoms with E-state index in [4.69, 9.17) is 24.9 Å². The molecule has 0 radical (unpaired) electrons. The van der Waals surface area contributed by atoms with Gasteiger partial charge in [-0.15, -0.1) is 0 Å². The van der Waals surface area contributed by atoms with Gasteiger partial charge in [0.25, 0.3) is 0 Å². The zero-order valence-corrected chi connectivity index (χ0v) is 14.5. The van der Waals surface area contributed by atoms with Gasteiger partial charge in [0.15, 0.2) is 6.61 Å². The van der Waals surface area contributed by atoms with E-state index >= 15 is 0 Å². The molecule has 130 valence electrons. The average Bonchev–Trinajstić information content (AvgIpc) is 2.72. The summed E-state index contributed by atoms with van der Waals surface area (Å²) in [5, 5.41) is 8.61. The Morgan fingerprint density at radius 1 is 1.21 bits per heavy atom. The Hall–Kier alpha value is -1.83. The summed E-state index contributed by atoms with van der Waals surface area (Å²) in [6.45, 7) is 7.93. The topological polar surface area (TPSA) is 91.0 Å². The van der Waals surface area contributed by atoms with Crippen molar-refractivity contribution in [3.8, 4) is 5.75 Å². The summed E-state index contributed by atoms with van der Waals surface area (Å²) in [7, 11) is -0.483. The standard InChI is InChI=1S/C17H24BNO5/c1-16(2)17(3,4)24-18(23-16)13(10-19)9-12-5-7-14(8-6-12)22-11-15(20)21/h5-9H,10-11,19H2,1-4H3,(H,20,21). The van der Waals surface area contributed by atoms with Crippen LogP contribution >= 0.6 is 0 Å². The second-order valence-corrected chi connectivity index (χ2v) is 6.76. The first-order chi connectivity index (χ1) is 11.1. The number of benzene rings is 1. The molecular formula is C17H24BNO5. The molecule has 1 heterocycles. The van der Waals surface area contributed by atoms with Crippen LogP contribution in [0, 0.1) is 0 Å². The molecule has 0 aromatic heterocycles. The summed E-state index contributed by atoms with van der Waals surface area (Å²) in [6.07, 6.45) is 1.92. The predicted octanol–water partition coefficient (Wildman–Crippen LogP) is 2.12. The van der Waals surface area contributed by atoms with E-state index in [1.165, 1.54) is 0 Å². The number of nitrogens with two attached hydrogens (primary N) is 1. The quantitative estimate of drug-likeness (QED) is 0.775. The lowest BCUT2D eigenvalue weighted by Crippen LogP contribution is -2.41. The van der Waals surface area contributed by atoms with E-state index in [0.29, 0.717) is 12.3 Å². The Balaban J connectivity index is 2.12. The number of rotatable bonds is 6. The molecule has 0 spiro atoms. The molecule has 0 aliphatic carbocycles. The average molecular weight is 333 g/mol. The van der Waals surface area contributed by atoms with Crippen molar-refractivity contribution in [3.63, 3.8) is 0 Å². The van der Waals surface area contributed by atoms with Gasteiger partial charge in [-0.2, -0.15) is 0 Å². The highest BCUT2D eigenvalue weighted by Crippen LogP contribution is 2.38. The molecular weight excluding hydrogens is 309 g/mol. The third kappa shape index (κ3) is 4.17. The Bertz CT molecular complexity index is 608. The van der Waals surface area contributed by atoms with E-state index in [1.807, 2.05) is 45.9 Å². The summed E-state index contributed by atoms with van der Waals surface area (Å²) in [4.78, 5) is 10.5. The molecule has 0 bridgehead atoms. The van der Waals surface area contributed by atoms with E-state index in [0.717, 1.165) is 11.0 Å². The largest absolute Gasteiger partial charge is 0.491 e. The number of aliphatic carboxylic acids is 1. The van der Waals surface area contributed by atoms with E-state index in [9.17, 15) is 4.79 Å². The van der Waals surface area contributed by atoms with Gasteiger partial charge in [0, 0.05) is 6.54 Å². The molecule has 3 N–H and O–H groups in total. The highest BCUT2D eigenvalue weighted by molar-refractivity contribution is 6.55. The smallest absolute Gasteiger partial charge is 0.482 e. The molecule has 6 nitrogen and oxygen atoms in total. The summed E-state index contributed by atoms with van der Waals surface area (Å²) in [6, 6.07) is 7.09. The van der Waals surface area contributed by atoms with Gasteiger partial charge in [-0.05, 0) is 50.9 Å². The van der Waals surface area contributed by atoms with Crippen LogP contribution in [0.4, 0.5) is 0 Å². The van der Waals surface area contributed by atoms with Crippen molar-refractivity contribution in [2.24, 2.45) is 5.73 Å². The van der Waals surface area contributed by atoms with Crippen LogP contribution < -0.4 is 10.5 Å². The maximum absolute atomic E-state index is 10.5. The van der Waals surface area contributed by atoms with Crippen molar-refractivity contribution in [1.29, 1.82) is 0 Å². The highest BCUT2D eigenvalue weighted by Gasteiger charge is 2.52. The first-order valence-corrected chi connectivity index (χ1v) is 7.85. The third-order valence-electron chi connectivity index (χ3n) is 4.39. The molecule has 1 saturated heterocycles. The van der Waals surface area contributed by atoms with Gasteiger partial charge in [0.2, 0.25) is 0 Å². The molecule has 0 amide bonds. The Morgan fingerprint density at radius 2 is 1.75 bits per heavy atom. The maximum Gasteiger partial charge on any atom is 0.491 e. The van der Waals surface area contributed by atoms with Gasteiger partial charge in [-0.3, -0.25) is 0 Å². The zero-order chi connectivity index (χ0) is 18.0. The number of hydrogen-bond donors (Lipinski definition) is 2. The van der Waals surface area contributed by atoms with Gasteiger partial charge in [0.05, 0.1) is 11.2 Å². The first-order valence-electron chi connectivity index (χ1n) is 7.85. The van der Waals surface area contributed by atoms with Gasteiger partial charge >= 0.3 is 13.1 Å². The van der Waals surface area contributed by atoms with E-state index in [-0.39, 0.29) is 6.61 Å². The second-order valence-electron chi connectivity index (χ2n) is 6.76. The van der Waals surface area contributed by atoms with Crippen LogP contribution in [0.15, 0.2) is 29.7 Å². The molecule has 1 aliphatic heterocycles. The minimum absolute atomic E-state index is 0.314. The van der Waals surface area contributed by atoms with Crippen molar-refractivity contribution in [2.45, 2.75) is 38.9 Å². The zero-order valence-electron chi connectivity index (χ0n) is 14.5. The lowest BCUT2D eigenvalue weighted by atomic mass is 9.77. The number of carboxylic acids is 1. The van der Waals surface area contributed by atoms with Crippen molar-refractivity contribution < 1.29 is 23.9 Å².